The van der Waals surface area contributed by atoms with E-state index in [9.17, 15) is 4.79 Å². The molecule has 4 nitrogen and oxygen atoms in total. The summed E-state index contributed by atoms with van der Waals surface area (Å²) >= 11 is 1.42. The third kappa shape index (κ3) is 2.65. The Labute approximate surface area is 86.6 Å². The fourth-order valence-corrected chi connectivity index (χ4v) is 1.67. The van der Waals surface area contributed by atoms with E-state index in [0.717, 1.165) is 0 Å². The van der Waals surface area contributed by atoms with Crippen LogP contribution in [0, 0.1) is 0 Å². The topological polar surface area (TPSA) is 51.2 Å². The third-order valence-corrected chi connectivity index (χ3v) is 2.44. The number of methoxy groups -OCH3 is 1. The molecular weight excluding hydrogens is 200 g/mol. The highest BCUT2D eigenvalue weighted by molar-refractivity contribution is 7.09. The summed E-state index contributed by atoms with van der Waals surface area (Å²) in [4.78, 5) is 15.4. The van der Waals surface area contributed by atoms with Crippen LogP contribution in [-0.2, 0) is 9.53 Å². The van der Waals surface area contributed by atoms with Crippen molar-refractivity contribution in [2.45, 2.75) is 6.04 Å². The highest BCUT2D eigenvalue weighted by Gasteiger charge is 2.22. The lowest BCUT2D eigenvalue weighted by Crippen LogP contribution is -2.29. The summed E-state index contributed by atoms with van der Waals surface area (Å²) in [5, 5.41) is 5.51. The molecule has 0 aliphatic carbocycles. The molecule has 0 aliphatic rings. The van der Waals surface area contributed by atoms with Crippen molar-refractivity contribution in [1.29, 1.82) is 0 Å². The van der Waals surface area contributed by atoms with Crippen molar-refractivity contribution < 1.29 is 9.53 Å². The Hall–Kier alpha value is -1.20. The lowest BCUT2D eigenvalue weighted by Gasteiger charge is -2.12. The molecule has 1 atom stereocenters. The second-order valence-electron chi connectivity index (χ2n) is 2.52. The van der Waals surface area contributed by atoms with E-state index in [1.54, 1.807) is 12.3 Å². The molecular formula is C9H12N2O2S. The van der Waals surface area contributed by atoms with Gasteiger partial charge in [-0.1, -0.05) is 6.08 Å². The van der Waals surface area contributed by atoms with Crippen molar-refractivity contribution in [1.82, 2.24) is 10.3 Å². The number of thiazole rings is 1. The average molecular weight is 212 g/mol. The molecule has 0 bridgehead atoms. The van der Waals surface area contributed by atoms with Gasteiger partial charge in [0.15, 0.2) is 6.04 Å². The molecule has 0 radical (unpaired) electrons. The maximum Gasteiger partial charge on any atom is 0.330 e. The molecule has 1 heterocycles. The predicted octanol–water partition coefficient (Wildman–Crippen LogP) is 1.13. The summed E-state index contributed by atoms with van der Waals surface area (Å²) in [6, 6.07) is -0.488. The van der Waals surface area contributed by atoms with Crippen molar-refractivity contribution >= 4 is 17.3 Å². The molecule has 1 N–H and O–H groups in total. The number of hydrogen-bond acceptors (Lipinski definition) is 5. The molecule has 5 heteroatoms. The van der Waals surface area contributed by atoms with Gasteiger partial charge in [-0.3, -0.25) is 5.32 Å². The standard InChI is InChI=1S/C9H12N2O2S/c1-3-4-10-7(9(12)13-2)8-11-5-6-14-8/h3,5-7,10H,1,4H2,2H3. The first kappa shape index (κ1) is 10.9. The number of rotatable bonds is 5. The first-order valence-corrected chi connectivity index (χ1v) is 4.99. The number of carbonyl (C=O) groups is 1. The van der Waals surface area contributed by atoms with Gasteiger partial charge in [-0.05, 0) is 0 Å². The van der Waals surface area contributed by atoms with Crippen LogP contribution in [0.2, 0.25) is 0 Å². The Morgan fingerprint density at radius 1 is 1.93 bits per heavy atom. The fourth-order valence-electron chi connectivity index (χ4n) is 0.968. The molecule has 1 unspecified atom stereocenters. The normalized spacial score (nSPS) is 12.1. The molecule has 0 aromatic carbocycles. The number of hydrogen-bond donors (Lipinski definition) is 1. The summed E-state index contributed by atoms with van der Waals surface area (Å²) in [5.41, 5.74) is 0. The van der Waals surface area contributed by atoms with Crippen LogP contribution in [0.4, 0.5) is 0 Å². The van der Waals surface area contributed by atoms with Gasteiger partial charge in [0.1, 0.15) is 5.01 Å². The van der Waals surface area contributed by atoms with E-state index in [-0.39, 0.29) is 5.97 Å². The van der Waals surface area contributed by atoms with Crippen LogP contribution >= 0.6 is 11.3 Å². The highest BCUT2D eigenvalue weighted by Crippen LogP contribution is 2.16. The maximum absolute atomic E-state index is 11.4. The Balaban J connectivity index is 2.71. The minimum absolute atomic E-state index is 0.332. The maximum atomic E-state index is 11.4. The molecule has 76 valence electrons. The van der Waals surface area contributed by atoms with E-state index < -0.39 is 6.04 Å². The van der Waals surface area contributed by atoms with Gasteiger partial charge in [-0.2, -0.15) is 0 Å². The van der Waals surface area contributed by atoms with E-state index >= 15 is 0 Å². The Morgan fingerprint density at radius 3 is 3.21 bits per heavy atom. The molecule has 0 saturated heterocycles. The van der Waals surface area contributed by atoms with Crippen LogP contribution in [0.5, 0.6) is 0 Å². The zero-order valence-electron chi connectivity index (χ0n) is 7.90. The fraction of sp³-hybridized carbons (Fsp3) is 0.333. The first-order chi connectivity index (χ1) is 6.79. The van der Waals surface area contributed by atoms with E-state index in [4.69, 9.17) is 0 Å². The summed E-state index contributed by atoms with van der Waals surface area (Å²) in [6.45, 7) is 4.11. The molecule has 0 saturated carbocycles. The Kier molecular flexibility index (Phi) is 4.28. The smallest absolute Gasteiger partial charge is 0.330 e. The van der Waals surface area contributed by atoms with Crippen LogP contribution in [-0.4, -0.2) is 24.6 Å². The molecule has 0 aliphatic heterocycles. The minimum atomic E-state index is -0.488. The molecule has 1 aromatic rings. The van der Waals surface area contributed by atoms with Crippen molar-refractivity contribution in [2.24, 2.45) is 0 Å². The van der Waals surface area contributed by atoms with Crippen molar-refractivity contribution in [3.63, 3.8) is 0 Å². The SMILES string of the molecule is C=CCNC(C(=O)OC)c1nccs1. The van der Waals surface area contributed by atoms with E-state index in [1.807, 2.05) is 5.38 Å². The number of aromatic nitrogens is 1. The van der Waals surface area contributed by atoms with Crippen molar-refractivity contribution in [2.75, 3.05) is 13.7 Å². The molecule has 0 amide bonds. The van der Waals surface area contributed by atoms with Gasteiger partial charge in [0, 0.05) is 18.1 Å². The van der Waals surface area contributed by atoms with Gasteiger partial charge < -0.3 is 4.74 Å². The quantitative estimate of drug-likeness (QED) is 0.587. The molecule has 0 fully saturated rings. The molecule has 1 aromatic heterocycles. The zero-order chi connectivity index (χ0) is 10.4. The summed E-state index contributed by atoms with van der Waals surface area (Å²) < 4.78 is 4.66. The van der Waals surface area contributed by atoms with Gasteiger partial charge in [0.05, 0.1) is 7.11 Å². The second-order valence-corrected chi connectivity index (χ2v) is 3.45. The third-order valence-electron chi connectivity index (χ3n) is 1.60. The second kappa shape index (κ2) is 5.51. The molecule has 14 heavy (non-hydrogen) atoms. The van der Waals surface area contributed by atoms with Gasteiger partial charge in [-0.25, -0.2) is 9.78 Å². The number of ether oxygens (including phenoxy) is 1. The lowest BCUT2D eigenvalue weighted by atomic mass is 10.3. The van der Waals surface area contributed by atoms with Gasteiger partial charge in [0.25, 0.3) is 0 Å². The summed E-state index contributed by atoms with van der Waals surface area (Å²) in [7, 11) is 1.36. The van der Waals surface area contributed by atoms with E-state index in [2.05, 4.69) is 21.6 Å². The van der Waals surface area contributed by atoms with Gasteiger partial charge in [0.2, 0.25) is 0 Å². The summed E-state index contributed by atoms with van der Waals surface area (Å²) in [5.74, 6) is -0.332. The van der Waals surface area contributed by atoms with Crippen LogP contribution in [0.1, 0.15) is 11.0 Å². The zero-order valence-corrected chi connectivity index (χ0v) is 8.71. The summed E-state index contributed by atoms with van der Waals surface area (Å²) in [6.07, 6.45) is 3.34. The molecule has 1 rings (SSSR count). The monoisotopic (exact) mass is 212 g/mol. The Bertz CT molecular complexity index is 298. The van der Waals surface area contributed by atoms with Gasteiger partial charge in [-0.15, -0.1) is 17.9 Å². The largest absolute Gasteiger partial charge is 0.468 e. The highest BCUT2D eigenvalue weighted by atomic mass is 32.1. The Morgan fingerprint density at radius 2 is 2.71 bits per heavy atom. The lowest BCUT2D eigenvalue weighted by molar-refractivity contribution is -0.143. The molecule has 0 spiro atoms. The van der Waals surface area contributed by atoms with E-state index in [0.29, 0.717) is 11.6 Å². The first-order valence-electron chi connectivity index (χ1n) is 4.11. The number of nitrogens with one attached hydrogen (secondary N) is 1. The van der Waals surface area contributed by atoms with Crippen LogP contribution < -0.4 is 5.32 Å². The van der Waals surface area contributed by atoms with Crippen molar-refractivity contribution in [3.8, 4) is 0 Å². The van der Waals surface area contributed by atoms with Crippen LogP contribution in [0.15, 0.2) is 24.2 Å². The number of carbonyl (C=O) groups excluding carboxylic acids is 1. The predicted molar refractivity (Wildman–Crippen MR) is 55.1 cm³/mol. The van der Waals surface area contributed by atoms with Gasteiger partial charge >= 0.3 is 5.97 Å². The minimum Gasteiger partial charge on any atom is -0.468 e. The van der Waals surface area contributed by atoms with Crippen LogP contribution in [0.3, 0.4) is 0 Å². The number of nitrogens with zero attached hydrogens (tertiary/aromatic N) is 1. The van der Waals surface area contributed by atoms with Crippen molar-refractivity contribution in [3.05, 3.63) is 29.2 Å². The van der Waals surface area contributed by atoms with Crippen LogP contribution in [0.25, 0.3) is 0 Å². The average Bonchev–Trinajstić information content (AvgIpc) is 2.71. The number of esters is 1. The van der Waals surface area contributed by atoms with E-state index in [1.165, 1.54) is 18.4 Å².